The maximum absolute atomic E-state index is 13.5. The van der Waals surface area contributed by atoms with Crippen LogP contribution in [0.15, 0.2) is 57.8 Å². The molecule has 0 spiro atoms. The van der Waals surface area contributed by atoms with Crippen LogP contribution in [0.4, 0.5) is 5.69 Å². The van der Waals surface area contributed by atoms with Crippen LogP contribution in [0.2, 0.25) is 0 Å². The van der Waals surface area contributed by atoms with Gasteiger partial charge in [-0.25, -0.2) is 8.57 Å². The number of aliphatic hydroxyl groups excluding tert-OH is 1. The second-order valence-corrected chi connectivity index (χ2v) is 10.4. The van der Waals surface area contributed by atoms with E-state index in [9.17, 15) is 9.32 Å². The van der Waals surface area contributed by atoms with E-state index < -0.39 is 9.73 Å². The van der Waals surface area contributed by atoms with Gasteiger partial charge in [-0.05, 0) is 49.6 Å². The van der Waals surface area contributed by atoms with Crippen LogP contribution in [0.25, 0.3) is 22.2 Å². The Bertz CT molecular complexity index is 1120. The fourth-order valence-electron chi connectivity index (χ4n) is 4.20. The molecule has 1 aliphatic heterocycles. The number of hydrogen-bond donors (Lipinski definition) is 2. The lowest BCUT2D eigenvalue weighted by Gasteiger charge is -2.22. The number of nitrogens with one attached hydrogen (secondary N) is 1. The highest BCUT2D eigenvalue weighted by molar-refractivity contribution is 7.94. The van der Waals surface area contributed by atoms with Crippen LogP contribution in [-0.4, -0.2) is 45.8 Å². The Morgan fingerprint density at radius 1 is 1.14 bits per heavy atom. The monoisotopic (exact) mass is 395 g/mol. The van der Waals surface area contributed by atoms with E-state index in [0.717, 1.165) is 58.6 Å². The van der Waals surface area contributed by atoms with Crippen molar-refractivity contribution in [2.24, 2.45) is 4.36 Å². The van der Waals surface area contributed by atoms with Gasteiger partial charge in [-0.15, -0.1) is 0 Å². The van der Waals surface area contributed by atoms with Gasteiger partial charge in [0.15, 0.2) is 0 Å². The summed E-state index contributed by atoms with van der Waals surface area (Å²) in [6.45, 7) is 1.45. The summed E-state index contributed by atoms with van der Waals surface area (Å²) in [4.78, 5) is 6.55. The van der Waals surface area contributed by atoms with Crippen molar-refractivity contribution in [2.45, 2.75) is 35.5 Å². The molecular formula is C22H25N3O2S. The van der Waals surface area contributed by atoms with Gasteiger partial charge >= 0.3 is 0 Å². The van der Waals surface area contributed by atoms with Crippen molar-refractivity contribution >= 4 is 26.3 Å². The van der Waals surface area contributed by atoms with Crippen LogP contribution in [0.5, 0.6) is 0 Å². The van der Waals surface area contributed by atoms with Gasteiger partial charge in [-0.1, -0.05) is 18.2 Å². The molecule has 146 valence electrons. The van der Waals surface area contributed by atoms with E-state index in [1.807, 2.05) is 18.2 Å². The molecule has 1 unspecified atom stereocenters. The number of aliphatic hydroxyl groups is 1. The van der Waals surface area contributed by atoms with Crippen LogP contribution >= 0.6 is 0 Å². The number of rotatable bonds is 4. The zero-order valence-corrected chi connectivity index (χ0v) is 16.8. The van der Waals surface area contributed by atoms with Crippen LogP contribution in [0, 0.1) is 0 Å². The summed E-state index contributed by atoms with van der Waals surface area (Å²) in [5.41, 5.74) is 4.19. The van der Waals surface area contributed by atoms with E-state index in [-0.39, 0.29) is 11.4 Å². The van der Waals surface area contributed by atoms with Gasteiger partial charge in [0.05, 0.1) is 15.8 Å². The Balaban J connectivity index is 1.69. The maximum atomic E-state index is 13.5. The maximum Gasteiger partial charge on any atom is 0.0778 e. The molecule has 1 aromatic heterocycles. The molecule has 2 heterocycles. The molecule has 5 nitrogen and oxygen atoms in total. The molecule has 1 saturated heterocycles. The molecule has 2 fully saturated rings. The molecule has 0 radical (unpaired) electrons. The Labute approximate surface area is 165 Å². The normalized spacial score (nSPS) is 21.8. The zero-order chi connectivity index (χ0) is 19.3. The van der Waals surface area contributed by atoms with E-state index in [1.54, 1.807) is 7.05 Å². The molecular weight excluding hydrogens is 370 g/mol. The van der Waals surface area contributed by atoms with Gasteiger partial charge in [0, 0.05) is 58.1 Å². The minimum absolute atomic E-state index is 0.174. The number of anilines is 1. The standard InChI is InChI=1S/C22H25N3O2S/c1-23-28(27,17-6-7-17)18-8-9-22(25-11-10-16(26)14-25)19(13-18)21-12-15-4-2-3-5-20(15)24-21/h2-5,8-9,12-13,16-17,24,26H,6-7,10-11,14H2,1H3/t16-,28?/m0/s1. The smallest absolute Gasteiger partial charge is 0.0778 e. The molecule has 1 aliphatic carbocycles. The van der Waals surface area contributed by atoms with Crippen molar-refractivity contribution in [1.29, 1.82) is 0 Å². The lowest BCUT2D eigenvalue weighted by atomic mass is 10.1. The van der Waals surface area contributed by atoms with Crippen molar-refractivity contribution in [3.8, 4) is 11.3 Å². The summed E-state index contributed by atoms with van der Waals surface area (Å²) >= 11 is 0. The zero-order valence-electron chi connectivity index (χ0n) is 16.0. The Morgan fingerprint density at radius 3 is 2.64 bits per heavy atom. The van der Waals surface area contributed by atoms with Crippen LogP contribution in [0.3, 0.4) is 0 Å². The van der Waals surface area contributed by atoms with Gasteiger partial charge < -0.3 is 15.0 Å². The van der Waals surface area contributed by atoms with E-state index in [0.29, 0.717) is 6.54 Å². The summed E-state index contributed by atoms with van der Waals surface area (Å²) in [6, 6.07) is 16.4. The number of hydrogen-bond acceptors (Lipinski definition) is 4. The molecule has 28 heavy (non-hydrogen) atoms. The third-order valence-electron chi connectivity index (χ3n) is 5.88. The van der Waals surface area contributed by atoms with Crippen molar-refractivity contribution < 1.29 is 9.32 Å². The number of nitrogens with zero attached hydrogens (tertiary/aromatic N) is 2. The fourth-order valence-corrected chi connectivity index (χ4v) is 6.42. The van der Waals surface area contributed by atoms with Gasteiger partial charge in [0.25, 0.3) is 0 Å². The Kier molecular flexibility index (Phi) is 4.21. The first-order chi connectivity index (χ1) is 13.6. The lowest BCUT2D eigenvalue weighted by molar-refractivity contribution is 0.198. The van der Waals surface area contributed by atoms with Crippen molar-refractivity contribution in [2.75, 3.05) is 25.0 Å². The number of aromatic nitrogens is 1. The molecule has 0 amide bonds. The van der Waals surface area contributed by atoms with Gasteiger partial charge in [0.2, 0.25) is 0 Å². The molecule has 5 rings (SSSR count). The Hall–Kier alpha value is -2.31. The van der Waals surface area contributed by atoms with E-state index in [2.05, 4.69) is 44.6 Å². The summed E-state index contributed by atoms with van der Waals surface area (Å²) < 4.78 is 17.9. The quantitative estimate of drug-likeness (QED) is 0.701. The van der Waals surface area contributed by atoms with Crippen LogP contribution in [-0.2, 0) is 9.73 Å². The number of benzene rings is 2. The highest BCUT2D eigenvalue weighted by Crippen LogP contribution is 2.40. The fraction of sp³-hybridized carbons (Fsp3) is 0.364. The highest BCUT2D eigenvalue weighted by atomic mass is 32.2. The van der Waals surface area contributed by atoms with Crippen molar-refractivity contribution in [1.82, 2.24) is 4.98 Å². The molecule has 2 N–H and O–H groups in total. The number of β-amino-alcohol motifs (C(OH)–C–C–N with tert-alkyl or cyclic N) is 1. The Morgan fingerprint density at radius 2 is 1.96 bits per heavy atom. The molecule has 2 aromatic carbocycles. The predicted molar refractivity (Wildman–Crippen MR) is 114 cm³/mol. The third-order valence-corrected chi connectivity index (χ3v) is 8.72. The summed E-state index contributed by atoms with van der Waals surface area (Å²) in [5, 5.41) is 11.4. The minimum Gasteiger partial charge on any atom is -0.391 e. The molecule has 1 saturated carbocycles. The van der Waals surface area contributed by atoms with E-state index in [4.69, 9.17) is 0 Å². The number of H-pyrrole nitrogens is 1. The van der Waals surface area contributed by atoms with Gasteiger partial charge in [-0.2, -0.15) is 0 Å². The van der Waals surface area contributed by atoms with E-state index in [1.165, 1.54) is 0 Å². The molecule has 2 atom stereocenters. The average molecular weight is 396 g/mol. The number of fused-ring (bicyclic) bond motifs is 1. The predicted octanol–water partition coefficient (Wildman–Crippen LogP) is 4.03. The van der Waals surface area contributed by atoms with Gasteiger partial charge in [0.1, 0.15) is 0 Å². The topological polar surface area (TPSA) is 68.7 Å². The SMILES string of the molecule is CN=S(=O)(c1ccc(N2CC[C@H](O)C2)c(-c2cc3ccccc3[nH]2)c1)C1CC1. The lowest BCUT2D eigenvalue weighted by Crippen LogP contribution is -2.22. The molecule has 2 aliphatic rings. The molecule has 6 heteroatoms. The second kappa shape index (κ2) is 6.64. The second-order valence-electron chi connectivity index (χ2n) is 7.79. The molecule has 0 bridgehead atoms. The number of aromatic amines is 1. The van der Waals surface area contributed by atoms with Crippen molar-refractivity contribution in [3.63, 3.8) is 0 Å². The van der Waals surface area contributed by atoms with E-state index >= 15 is 0 Å². The first kappa shape index (κ1) is 17.8. The van der Waals surface area contributed by atoms with Crippen LogP contribution in [0.1, 0.15) is 19.3 Å². The number of para-hydroxylation sites is 1. The summed E-state index contributed by atoms with van der Waals surface area (Å²) in [5.74, 6) is 0. The third kappa shape index (κ3) is 2.91. The first-order valence-electron chi connectivity index (χ1n) is 9.88. The van der Waals surface area contributed by atoms with Crippen LogP contribution < -0.4 is 4.90 Å². The largest absolute Gasteiger partial charge is 0.391 e. The minimum atomic E-state index is -2.38. The summed E-state index contributed by atoms with van der Waals surface area (Å²) in [7, 11) is -0.705. The molecule has 3 aromatic rings. The van der Waals surface area contributed by atoms with Gasteiger partial charge in [-0.3, -0.25) is 0 Å². The highest BCUT2D eigenvalue weighted by Gasteiger charge is 2.35. The average Bonchev–Trinajstić information content (AvgIpc) is 3.35. The summed E-state index contributed by atoms with van der Waals surface area (Å²) in [6.07, 6.45) is 2.45. The first-order valence-corrected chi connectivity index (χ1v) is 11.5. The van der Waals surface area contributed by atoms with Crippen molar-refractivity contribution in [3.05, 3.63) is 48.5 Å².